The fourth-order valence-electron chi connectivity index (χ4n) is 0.928. The summed E-state index contributed by atoms with van der Waals surface area (Å²) in [6.45, 7) is 0. The number of benzene rings is 1. The lowest BCUT2D eigenvalue weighted by molar-refractivity contribution is 0.246. The molecule has 0 fully saturated rings. The van der Waals surface area contributed by atoms with E-state index >= 15 is 0 Å². The molecule has 1 atom stereocenters. The van der Waals surface area contributed by atoms with Crippen LogP contribution in [0.25, 0.3) is 0 Å². The van der Waals surface area contributed by atoms with Crippen LogP contribution in [-0.2, 0) is 0 Å². The van der Waals surface area contributed by atoms with Gasteiger partial charge in [-0.3, -0.25) is 5.32 Å². The minimum Gasteiger partial charge on any atom is -0.352 e. The molecule has 0 aromatic heterocycles. The van der Waals surface area contributed by atoms with Crippen molar-refractivity contribution >= 4 is 23.3 Å². The van der Waals surface area contributed by atoms with Crippen LogP contribution in [0.3, 0.4) is 0 Å². The number of amides is 2. The highest BCUT2D eigenvalue weighted by molar-refractivity contribution is 6.30. The average Bonchev–Trinajstić information content (AvgIpc) is 2.19. The van der Waals surface area contributed by atoms with E-state index in [4.69, 9.17) is 17.3 Å². The molecule has 0 aliphatic rings. The van der Waals surface area contributed by atoms with Gasteiger partial charge in [-0.25, -0.2) is 4.79 Å². The number of halogens is 1. The van der Waals surface area contributed by atoms with Crippen LogP contribution in [0.1, 0.15) is 0 Å². The summed E-state index contributed by atoms with van der Waals surface area (Å²) < 4.78 is 0. The molecular formula is C8H9ClN4O2. The van der Waals surface area contributed by atoms with Gasteiger partial charge in [0.2, 0.25) is 6.29 Å². The molecular weight excluding hydrogens is 220 g/mol. The molecule has 15 heavy (non-hydrogen) atoms. The number of carbonyl (C=O) groups excluding carboxylic acids is 1. The van der Waals surface area contributed by atoms with Gasteiger partial charge in [0, 0.05) is 10.7 Å². The zero-order valence-electron chi connectivity index (χ0n) is 7.61. The number of urea groups is 1. The SMILES string of the molecule is NC(=O)NC(N=O)Nc1ccc(Cl)cc1. The minimum absolute atomic E-state index is 0.569. The standard InChI is InChI=1S/C8H9ClN4O2/c9-5-1-3-6(4-2-5)11-8(13-15)12-7(10)14/h1-4,8,11H,(H3,10,12,14). The van der Waals surface area contributed by atoms with Crippen molar-refractivity contribution in [2.45, 2.75) is 6.29 Å². The van der Waals surface area contributed by atoms with E-state index in [1.165, 1.54) is 0 Å². The Kier molecular flexibility index (Phi) is 3.87. The van der Waals surface area contributed by atoms with Crippen molar-refractivity contribution in [3.8, 4) is 0 Å². The van der Waals surface area contributed by atoms with Crippen molar-refractivity contribution in [3.63, 3.8) is 0 Å². The highest BCUT2D eigenvalue weighted by atomic mass is 35.5. The van der Waals surface area contributed by atoms with Gasteiger partial charge < -0.3 is 11.1 Å². The van der Waals surface area contributed by atoms with Gasteiger partial charge in [0.05, 0.1) is 0 Å². The fraction of sp³-hybridized carbons (Fsp3) is 0.125. The van der Waals surface area contributed by atoms with E-state index in [-0.39, 0.29) is 0 Å². The van der Waals surface area contributed by atoms with Crippen LogP contribution >= 0.6 is 11.6 Å². The highest BCUT2D eigenvalue weighted by Gasteiger charge is 2.08. The summed E-state index contributed by atoms with van der Waals surface area (Å²) in [5, 5.41) is 7.95. The van der Waals surface area contributed by atoms with Gasteiger partial charge in [0.15, 0.2) is 0 Å². The number of carbonyl (C=O) groups is 1. The summed E-state index contributed by atoms with van der Waals surface area (Å²) >= 11 is 5.66. The highest BCUT2D eigenvalue weighted by Crippen LogP contribution is 2.13. The van der Waals surface area contributed by atoms with Crippen molar-refractivity contribution < 1.29 is 4.79 Å². The van der Waals surface area contributed by atoms with Gasteiger partial charge in [0.25, 0.3) is 0 Å². The van der Waals surface area contributed by atoms with E-state index in [0.29, 0.717) is 10.7 Å². The Hall–Kier alpha value is -1.82. The van der Waals surface area contributed by atoms with Crippen molar-refractivity contribution in [2.24, 2.45) is 10.9 Å². The van der Waals surface area contributed by atoms with Crippen molar-refractivity contribution in [2.75, 3.05) is 5.32 Å². The minimum atomic E-state index is -1.09. The third kappa shape index (κ3) is 3.82. The predicted octanol–water partition coefficient (Wildman–Crippen LogP) is 1.47. The Balaban J connectivity index is 2.62. The first-order chi connectivity index (χ1) is 7.11. The lowest BCUT2D eigenvalue weighted by Gasteiger charge is -2.12. The molecule has 7 heteroatoms. The second kappa shape index (κ2) is 5.16. The molecule has 1 rings (SSSR count). The maximum atomic E-state index is 10.5. The fourth-order valence-corrected chi connectivity index (χ4v) is 1.05. The normalized spacial score (nSPS) is 11.5. The zero-order chi connectivity index (χ0) is 11.3. The lowest BCUT2D eigenvalue weighted by Crippen LogP contribution is -2.41. The molecule has 0 saturated heterocycles. The number of nitrogens with two attached hydrogens (primary N) is 1. The van der Waals surface area contributed by atoms with Crippen LogP contribution in [0.2, 0.25) is 5.02 Å². The summed E-state index contributed by atoms with van der Waals surface area (Å²) in [5.74, 6) is 0. The molecule has 0 aliphatic heterocycles. The third-order valence-electron chi connectivity index (χ3n) is 1.53. The van der Waals surface area contributed by atoms with E-state index in [1.807, 2.05) is 0 Å². The second-order valence-corrected chi connectivity index (χ2v) is 3.10. The number of anilines is 1. The second-order valence-electron chi connectivity index (χ2n) is 2.67. The first kappa shape index (κ1) is 11.3. The van der Waals surface area contributed by atoms with Crippen molar-refractivity contribution in [1.29, 1.82) is 0 Å². The van der Waals surface area contributed by atoms with E-state index in [9.17, 15) is 9.70 Å². The summed E-state index contributed by atoms with van der Waals surface area (Å²) in [4.78, 5) is 20.8. The third-order valence-corrected chi connectivity index (χ3v) is 1.78. The average molecular weight is 229 g/mol. The van der Waals surface area contributed by atoms with E-state index < -0.39 is 12.3 Å². The number of nitroso groups, excluding NO2 is 1. The molecule has 0 radical (unpaired) electrons. The number of hydrogen-bond acceptors (Lipinski definition) is 4. The molecule has 0 aliphatic carbocycles. The van der Waals surface area contributed by atoms with E-state index in [2.05, 4.69) is 15.8 Å². The van der Waals surface area contributed by atoms with Gasteiger partial charge in [-0.1, -0.05) is 11.6 Å². The molecule has 80 valence electrons. The summed E-state index contributed by atoms with van der Waals surface area (Å²) in [7, 11) is 0. The zero-order valence-corrected chi connectivity index (χ0v) is 8.36. The van der Waals surface area contributed by atoms with Crippen LogP contribution in [0.5, 0.6) is 0 Å². The Bertz CT molecular complexity index is 354. The molecule has 1 aromatic rings. The molecule has 6 nitrogen and oxygen atoms in total. The number of nitrogens with one attached hydrogen (secondary N) is 2. The van der Waals surface area contributed by atoms with Crippen molar-refractivity contribution in [1.82, 2.24) is 5.32 Å². The summed E-state index contributed by atoms with van der Waals surface area (Å²) in [5.41, 5.74) is 5.43. The maximum Gasteiger partial charge on any atom is 0.315 e. The van der Waals surface area contributed by atoms with Crippen LogP contribution in [-0.4, -0.2) is 12.3 Å². The lowest BCUT2D eigenvalue weighted by atomic mass is 10.3. The first-order valence-electron chi connectivity index (χ1n) is 4.02. The van der Waals surface area contributed by atoms with Crippen LogP contribution in [0.15, 0.2) is 29.4 Å². The van der Waals surface area contributed by atoms with Gasteiger partial charge >= 0.3 is 6.03 Å². The van der Waals surface area contributed by atoms with Gasteiger partial charge in [-0.2, -0.15) is 0 Å². The van der Waals surface area contributed by atoms with Crippen LogP contribution in [0, 0.1) is 4.91 Å². The molecule has 1 aromatic carbocycles. The van der Waals surface area contributed by atoms with Gasteiger partial charge in [-0.05, 0) is 29.4 Å². The summed E-state index contributed by atoms with van der Waals surface area (Å²) in [6.07, 6.45) is -1.09. The molecule has 1 unspecified atom stereocenters. The number of hydrogen-bond donors (Lipinski definition) is 3. The van der Waals surface area contributed by atoms with Gasteiger partial charge in [-0.15, -0.1) is 4.91 Å². The topological polar surface area (TPSA) is 96.6 Å². The number of rotatable bonds is 4. The van der Waals surface area contributed by atoms with Crippen LogP contribution < -0.4 is 16.4 Å². The Morgan fingerprint density at radius 1 is 1.40 bits per heavy atom. The Morgan fingerprint density at radius 2 is 2.00 bits per heavy atom. The van der Waals surface area contributed by atoms with Crippen molar-refractivity contribution in [3.05, 3.63) is 34.2 Å². The van der Waals surface area contributed by atoms with E-state index in [1.54, 1.807) is 24.3 Å². The number of nitrogens with zero attached hydrogens (tertiary/aromatic N) is 1. The molecule has 0 heterocycles. The monoisotopic (exact) mass is 228 g/mol. The van der Waals surface area contributed by atoms with Crippen LogP contribution in [0.4, 0.5) is 10.5 Å². The number of primary amides is 1. The Morgan fingerprint density at radius 3 is 2.47 bits per heavy atom. The van der Waals surface area contributed by atoms with E-state index in [0.717, 1.165) is 0 Å². The first-order valence-corrected chi connectivity index (χ1v) is 4.40. The Labute approximate surface area is 90.8 Å². The molecule has 2 amide bonds. The largest absolute Gasteiger partial charge is 0.352 e. The summed E-state index contributed by atoms with van der Waals surface area (Å²) in [6, 6.07) is 5.72. The predicted molar refractivity (Wildman–Crippen MR) is 57.4 cm³/mol. The maximum absolute atomic E-state index is 10.5. The molecule has 0 spiro atoms. The quantitative estimate of drug-likeness (QED) is 0.538. The molecule has 0 saturated carbocycles. The molecule has 0 bridgehead atoms. The van der Waals surface area contributed by atoms with Gasteiger partial charge in [0.1, 0.15) is 0 Å². The molecule has 4 N–H and O–H groups in total. The smallest absolute Gasteiger partial charge is 0.315 e.